The van der Waals surface area contributed by atoms with E-state index in [4.69, 9.17) is 9.47 Å². The molecule has 0 aromatic rings. The number of carbonyl (C=O) groups excluding carboxylic acids is 1. The first kappa shape index (κ1) is 9.58. The van der Waals surface area contributed by atoms with E-state index in [-0.39, 0.29) is 18.1 Å². The van der Waals surface area contributed by atoms with E-state index in [0.29, 0.717) is 12.3 Å². The van der Waals surface area contributed by atoms with E-state index >= 15 is 0 Å². The van der Waals surface area contributed by atoms with Gasteiger partial charge in [-0.25, -0.2) is 4.79 Å². The molecule has 76 valence electrons. The predicted octanol–water partition coefficient (Wildman–Crippen LogP) is 1.04. The molecule has 0 aromatic carbocycles. The summed E-state index contributed by atoms with van der Waals surface area (Å²) in [6.45, 7) is 2.16. The number of rotatable bonds is 2. The van der Waals surface area contributed by atoms with Crippen molar-refractivity contribution in [1.29, 1.82) is 0 Å². The number of hydrogen-bond acceptors (Lipinski definition) is 4. The Balaban J connectivity index is 2.03. The van der Waals surface area contributed by atoms with Gasteiger partial charge in [0.2, 0.25) is 0 Å². The molecule has 0 unspecified atom stereocenters. The number of fused-ring (bicyclic) bond motifs is 1. The van der Waals surface area contributed by atoms with Crippen molar-refractivity contribution in [3.63, 3.8) is 0 Å². The highest BCUT2D eigenvalue weighted by Crippen LogP contribution is 2.29. The Bertz CT molecular complexity index is 324. The molecule has 2 aliphatic heterocycles. The fourth-order valence-corrected chi connectivity index (χ4v) is 1.94. The van der Waals surface area contributed by atoms with Gasteiger partial charge in [-0.2, -0.15) is 0 Å². The third-order valence-electron chi connectivity index (χ3n) is 2.10. The summed E-state index contributed by atoms with van der Waals surface area (Å²) in [5, 5.41) is 3.03. The molecule has 0 bridgehead atoms. The Morgan fingerprint density at radius 1 is 1.79 bits per heavy atom. The second-order valence-corrected chi connectivity index (χ2v) is 3.94. The number of hydrogen-bond donors (Lipinski definition) is 1. The Morgan fingerprint density at radius 3 is 3.21 bits per heavy atom. The van der Waals surface area contributed by atoms with E-state index in [0.717, 1.165) is 4.48 Å². The quantitative estimate of drug-likeness (QED) is 0.753. The summed E-state index contributed by atoms with van der Waals surface area (Å²) in [5.74, 6) is -0.328. The second-order valence-electron chi connectivity index (χ2n) is 3.03. The Hall–Kier alpha value is -0.970. The maximum absolute atomic E-state index is 11.3. The standard InChI is InChI=1S/C9H10BrNO3/c1-2-13-9(12)6-3-7-8(11-6)5(10)4-14-7/h3-4,7-8,11H,2H2,1H3/t7-,8+/m1/s1. The number of esters is 1. The van der Waals surface area contributed by atoms with Crippen LogP contribution in [0.15, 0.2) is 22.5 Å². The van der Waals surface area contributed by atoms with Crippen molar-refractivity contribution >= 4 is 21.9 Å². The molecule has 0 saturated carbocycles. The maximum atomic E-state index is 11.3. The van der Waals surface area contributed by atoms with Crippen LogP contribution in [0.4, 0.5) is 0 Å². The van der Waals surface area contributed by atoms with Gasteiger partial charge >= 0.3 is 5.97 Å². The van der Waals surface area contributed by atoms with Gasteiger partial charge in [0.1, 0.15) is 17.8 Å². The monoisotopic (exact) mass is 259 g/mol. The Morgan fingerprint density at radius 2 is 2.57 bits per heavy atom. The third kappa shape index (κ3) is 1.52. The summed E-state index contributed by atoms with van der Waals surface area (Å²) in [4.78, 5) is 11.3. The highest BCUT2D eigenvalue weighted by Gasteiger charge is 2.36. The van der Waals surface area contributed by atoms with E-state index in [1.807, 2.05) is 0 Å². The average molecular weight is 260 g/mol. The summed E-state index contributed by atoms with van der Waals surface area (Å²) in [6, 6.07) is 0.0226. The minimum Gasteiger partial charge on any atom is -0.490 e. The normalized spacial score (nSPS) is 28.4. The van der Waals surface area contributed by atoms with Crippen LogP contribution >= 0.6 is 15.9 Å². The van der Waals surface area contributed by atoms with Crippen molar-refractivity contribution in [2.45, 2.75) is 19.1 Å². The smallest absolute Gasteiger partial charge is 0.354 e. The lowest BCUT2D eigenvalue weighted by Crippen LogP contribution is -2.31. The molecule has 2 heterocycles. The highest BCUT2D eigenvalue weighted by atomic mass is 79.9. The molecule has 2 rings (SSSR count). The van der Waals surface area contributed by atoms with Gasteiger partial charge < -0.3 is 14.8 Å². The van der Waals surface area contributed by atoms with Crippen LogP contribution < -0.4 is 5.32 Å². The number of carbonyl (C=O) groups is 1. The van der Waals surface area contributed by atoms with Crippen LogP contribution in [-0.2, 0) is 14.3 Å². The summed E-state index contributed by atoms with van der Waals surface area (Å²) < 4.78 is 11.1. The van der Waals surface area contributed by atoms with Crippen molar-refractivity contribution in [3.8, 4) is 0 Å². The van der Waals surface area contributed by atoms with Gasteiger partial charge in [0, 0.05) is 0 Å². The van der Waals surface area contributed by atoms with E-state index < -0.39 is 0 Å². The minimum absolute atomic E-state index is 0.0226. The molecule has 0 aliphatic carbocycles. The van der Waals surface area contributed by atoms with Gasteiger partial charge in [-0.3, -0.25) is 0 Å². The van der Waals surface area contributed by atoms with Crippen LogP contribution in [0.1, 0.15) is 6.92 Å². The molecule has 0 spiro atoms. The number of halogens is 1. The summed E-state index contributed by atoms with van der Waals surface area (Å²) in [5.41, 5.74) is 0.479. The van der Waals surface area contributed by atoms with Gasteiger partial charge in [-0.1, -0.05) is 0 Å². The molecular weight excluding hydrogens is 250 g/mol. The largest absolute Gasteiger partial charge is 0.490 e. The lowest BCUT2D eigenvalue weighted by Gasteiger charge is -2.10. The SMILES string of the molecule is CCOC(=O)C1=C[C@H]2OC=C(Br)[C@@H]2N1. The molecule has 2 aliphatic rings. The van der Waals surface area contributed by atoms with Crippen LogP contribution in [-0.4, -0.2) is 24.7 Å². The molecule has 0 aromatic heterocycles. The predicted molar refractivity (Wildman–Crippen MR) is 53.5 cm³/mol. The van der Waals surface area contributed by atoms with Crippen LogP contribution in [0, 0.1) is 0 Å². The van der Waals surface area contributed by atoms with E-state index in [1.54, 1.807) is 19.3 Å². The molecular formula is C9H10BrNO3. The Labute approximate surface area is 90.1 Å². The number of ether oxygens (including phenoxy) is 2. The zero-order valence-electron chi connectivity index (χ0n) is 7.62. The first-order chi connectivity index (χ1) is 6.72. The first-order valence-electron chi connectivity index (χ1n) is 4.39. The van der Waals surface area contributed by atoms with E-state index in [9.17, 15) is 4.79 Å². The molecule has 0 radical (unpaired) electrons. The van der Waals surface area contributed by atoms with Gasteiger partial charge in [0.15, 0.2) is 0 Å². The summed E-state index contributed by atoms with van der Waals surface area (Å²) in [7, 11) is 0. The van der Waals surface area contributed by atoms with Crippen molar-refractivity contribution in [2.75, 3.05) is 6.61 Å². The molecule has 1 N–H and O–H groups in total. The van der Waals surface area contributed by atoms with Crippen LogP contribution in [0.25, 0.3) is 0 Å². The van der Waals surface area contributed by atoms with Crippen molar-refractivity contribution in [1.82, 2.24) is 5.32 Å². The lowest BCUT2D eigenvalue weighted by molar-refractivity contribution is -0.138. The summed E-state index contributed by atoms with van der Waals surface area (Å²) >= 11 is 3.35. The van der Waals surface area contributed by atoms with Gasteiger partial charge in [-0.05, 0) is 28.9 Å². The third-order valence-corrected chi connectivity index (χ3v) is 2.78. The fraction of sp³-hybridized carbons (Fsp3) is 0.444. The van der Waals surface area contributed by atoms with Gasteiger partial charge in [-0.15, -0.1) is 0 Å². The molecule has 0 fully saturated rings. The molecule has 0 saturated heterocycles. The first-order valence-corrected chi connectivity index (χ1v) is 5.18. The molecule has 4 nitrogen and oxygen atoms in total. The Kier molecular flexibility index (Phi) is 2.50. The van der Waals surface area contributed by atoms with Crippen LogP contribution in [0.3, 0.4) is 0 Å². The van der Waals surface area contributed by atoms with Crippen molar-refractivity contribution in [2.24, 2.45) is 0 Å². The maximum Gasteiger partial charge on any atom is 0.354 e. The van der Waals surface area contributed by atoms with E-state index in [1.165, 1.54) is 0 Å². The second kappa shape index (κ2) is 3.65. The zero-order chi connectivity index (χ0) is 10.1. The summed E-state index contributed by atoms with van der Waals surface area (Å²) in [6.07, 6.45) is 3.29. The molecule has 0 amide bonds. The average Bonchev–Trinajstić information content (AvgIpc) is 2.69. The molecule has 5 heteroatoms. The minimum atomic E-state index is -0.328. The van der Waals surface area contributed by atoms with Gasteiger partial charge in [0.05, 0.1) is 17.4 Å². The highest BCUT2D eigenvalue weighted by molar-refractivity contribution is 9.11. The lowest BCUT2D eigenvalue weighted by atomic mass is 10.2. The van der Waals surface area contributed by atoms with E-state index in [2.05, 4.69) is 21.2 Å². The van der Waals surface area contributed by atoms with Gasteiger partial charge in [0.25, 0.3) is 0 Å². The molecule has 14 heavy (non-hydrogen) atoms. The fourth-order valence-electron chi connectivity index (χ4n) is 1.45. The van der Waals surface area contributed by atoms with Crippen LogP contribution in [0.5, 0.6) is 0 Å². The zero-order valence-corrected chi connectivity index (χ0v) is 9.21. The van der Waals surface area contributed by atoms with Crippen LogP contribution in [0.2, 0.25) is 0 Å². The topological polar surface area (TPSA) is 47.6 Å². The molecule has 2 atom stereocenters. The van der Waals surface area contributed by atoms with Crippen molar-refractivity contribution < 1.29 is 14.3 Å². The number of nitrogens with one attached hydrogen (secondary N) is 1. The van der Waals surface area contributed by atoms with Crippen molar-refractivity contribution in [3.05, 3.63) is 22.5 Å².